The van der Waals surface area contributed by atoms with Crippen LogP contribution in [0.25, 0.3) is 0 Å². The molecule has 1 radical (unpaired) electrons. The maximum absolute atomic E-state index is 8.25. The van der Waals surface area contributed by atoms with Crippen molar-refractivity contribution in [3.63, 3.8) is 0 Å². The summed E-state index contributed by atoms with van der Waals surface area (Å²) >= 11 is 0. The van der Waals surface area contributed by atoms with E-state index in [0.29, 0.717) is 0 Å². The molecule has 0 bridgehead atoms. The maximum Gasteiger partial charge on any atom is 2.00 e. The van der Waals surface area contributed by atoms with Crippen molar-refractivity contribution in [2.45, 2.75) is 0 Å². The molecule has 0 aromatic carbocycles. The van der Waals surface area contributed by atoms with E-state index in [2.05, 4.69) is 0 Å². The molecule has 0 unspecified atom stereocenters. The average Bonchev–Trinajstić information content (AvgIpc) is 0.918. The molecule has 0 heterocycles. The molecular weight excluding hydrogens is 115 g/mol. The smallest absolute Gasteiger partial charge is 0.900 e. The van der Waals surface area contributed by atoms with Gasteiger partial charge in [-0.2, -0.15) is 0 Å². The van der Waals surface area contributed by atoms with Gasteiger partial charge in [-0.3, -0.25) is 0 Å². The Morgan fingerprint density at radius 1 is 1.17 bits per heavy atom. The zero-order valence-electron chi connectivity index (χ0n) is 3.13. The molecule has 0 aliphatic rings. The third kappa shape index (κ3) is 74.1. The summed E-state index contributed by atoms with van der Waals surface area (Å²) in [7, 11) is -0.500. The summed E-state index contributed by atoms with van der Waals surface area (Å²) in [5.41, 5.74) is 0. The Morgan fingerprint density at radius 2 is 1.17 bits per heavy atom. The van der Waals surface area contributed by atoms with Gasteiger partial charge >= 0.3 is 23.1 Å². The zero-order valence-corrected chi connectivity index (χ0v) is 5.69. The van der Waals surface area contributed by atoms with Gasteiger partial charge in [0.25, 0.3) is 0 Å². The van der Waals surface area contributed by atoms with E-state index in [-0.39, 0.29) is 42.0 Å². The van der Waals surface area contributed by atoms with Crippen LogP contribution in [0.3, 0.4) is 0 Å². The SMILES string of the molecule is [Mg+2].[O-][B][O-].[OH-].[SH3+]. The van der Waals surface area contributed by atoms with Gasteiger partial charge in [0, 0.05) is 0 Å². The van der Waals surface area contributed by atoms with Crippen LogP contribution < -0.4 is 10.0 Å². The Hall–Kier alpha value is 1.06. The first-order chi connectivity index (χ1) is 1.41. The minimum absolute atomic E-state index is 0. The van der Waals surface area contributed by atoms with E-state index in [4.69, 9.17) is 10.0 Å². The Labute approximate surface area is 60.0 Å². The summed E-state index contributed by atoms with van der Waals surface area (Å²) in [6.45, 7) is 0. The zero-order chi connectivity index (χ0) is 2.71. The summed E-state index contributed by atoms with van der Waals surface area (Å²) in [6, 6.07) is 0. The van der Waals surface area contributed by atoms with E-state index in [1.807, 2.05) is 0 Å². The predicted molar refractivity (Wildman–Crippen MR) is 25.0 cm³/mol. The van der Waals surface area contributed by atoms with E-state index in [1.54, 1.807) is 0 Å². The molecule has 0 amide bonds. The third-order valence-electron chi connectivity index (χ3n) is 0. The minimum Gasteiger partial charge on any atom is -0.900 e. The van der Waals surface area contributed by atoms with E-state index in [0.717, 1.165) is 0 Å². The Morgan fingerprint density at radius 3 is 1.17 bits per heavy atom. The van der Waals surface area contributed by atoms with Crippen molar-refractivity contribution in [3.8, 4) is 0 Å². The van der Waals surface area contributed by atoms with Crippen LogP contribution in [-0.2, 0) is 13.5 Å². The first kappa shape index (κ1) is 27.7. The van der Waals surface area contributed by atoms with Crippen LogP contribution in [0, 0.1) is 0 Å². The van der Waals surface area contributed by atoms with E-state index in [9.17, 15) is 0 Å². The molecule has 0 spiro atoms. The van der Waals surface area contributed by atoms with Crippen LogP contribution in [-0.4, -0.2) is 36.2 Å². The van der Waals surface area contributed by atoms with Gasteiger partial charge in [0.05, 0.1) is 0 Å². The fourth-order valence-corrected chi connectivity index (χ4v) is 0. The Balaban J connectivity index is -0.00000000667. The fraction of sp³-hybridized carbons (Fsp3) is 0. The molecule has 0 aromatic rings. The first-order valence-electron chi connectivity index (χ1n) is 0.471. The maximum atomic E-state index is 8.25. The quantitative estimate of drug-likeness (QED) is 0.240. The van der Waals surface area contributed by atoms with Crippen molar-refractivity contribution < 1.29 is 15.5 Å². The molecule has 0 rings (SSSR count). The van der Waals surface area contributed by atoms with E-state index in [1.165, 1.54) is 0 Å². The van der Waals surface area contributed by atoms with Crippen molar-refractivity contribution in [2.24, 2.45) is 0 Å². The second-order valence-electron chi connectivity index (χ2n) is 0.0962. The summed E-state index contributed by atoms with van der Waals surface area (Å²) in [5, 5.41) is 16.5. The number of rotatable bonds is 0. The Kier molecular flexibility index (Phi) is 169. The molecule has 0 aliphatic carbocycles. The fourth-order valence-electron chi connectivity index (χ4n) is 0. The summed E-state index contributed by atoms with van der Waals surface area (Å²) in [6.07, 6.45) is 0. The summed E-state index contributed by atoms with van der Waals surface area (Å²) in [4.78, 5) is 0. The largest absolute Gasteiger partial charge is 2.00 e. The van der Waals surface area contributed by atoms with Gasteiger partial charge in [-0.25, -0.2) is 7.69 Å². The van der Waals surface area contributed by atoms with Gasteiger partial charge in [-0.05, 0) is 0 Å². The van der Waals surface area contributed by atoms with Gasteiger partial charge in [0.1, 0.15) is 0 Å². The third-order valence-corrected chi connectivity index (χ3v) is 0. The molecule has 1 N–H and O–H groups in total. The van der Waals surface area contributed by atoms with Crippen molar-refractivity contribution >= 4 is 44.2 Å². The predicted octanol–water partition coefficient (Wildman–Crippen LogP) is -4.12. The first-order valence-corrected chi connectivity index (χ1v) is 0.471. The topological polar surface area (TPSA) is 76.1 Å². The van der Waals surface area contributed by atoms with Gasteiger partial charge in [-0.15, -0.1) is 0 Å². The van der Waals surface area contributed by atoms with E-state index >= 15 is 0 Å². The molecule has 0 fully saturated rings. The van der Waals surface area contributed by atoms with Crippen LogP contribution in [0.4, 0.5) is 0 Å². The van der Waals surface area contributed by atoms with Gasteiger partial charge in [-0.1, -0.05) is 13.5 Å². The number of hydrogen-bond acceptors (Lipinski definition) is 3. The molecule has 3 nitrogen and oxygen atoms in total. The molecule has 0 aliphatic heterocycles. The van der Waals surface area contributed by atoms with E-state index < -0.39 is 7.69 Å². The average molecular weight is 119 g/mol. The molecule has 33 valence electrons. The normalized spacial score (nSPS) is 2.33. The van der Waals surface area contributed by atoms with Crippen molar-refractivity contribution in [1.29, 1.82) is 0 Å². The van der Waals surface area contributed by atoms with Crippen molar-refractivity contribution in [1.82, 2.24) is 0 Å². The second-order valence-corrected chi connectivity index (χ2v) is 0.0962. The number of hydrogen-bond donors (Lipinski definition) is 0. The second kappa shape index (κ2) is 36.5. The van der Waals surface area contributed by atoms with Gasteiger partial charge < -0.3 is 15.5 Å². The van der Waals surface area contributed by atoms with Gasteiger partial charge in [0.15, 0.2) is 0 Å². The van der Waals surface area contributed by atoms with Crippen LogP contribution in [0.5, 0.6) is 0 Å². The van der Waals surface area contributed by atoms with Crippen LogP contribution >= 0.6 is 0 Å². The molecule has 0 saturated heterocycles. The summed E-state index contributed by atoms with van der Waals surface area (Å²) in [5.74, 6) is 0. The van der Waals surface area contributed by atoms with Gasteiger partial charge in [0.2, 0.25) is 0 Å². The monoisotopic (exact) mass is 119 g/mol. The Bertz CT molecular complexity index is 10.8. The van der Waals surface area contributed by atoms with Crippen LogP contribution in [0.2, 0.25) is 0 Å². The standard InChI is InChI=1S/BO2.Mg.H2O.H2S/c2-1-3;;;/h;;2*1H2/q-2;+2;;. The molecule has 0 saturated carbocycles. The molecule has 0 atom stereocenters. The van der Waals surface area contributed by atoms with Crippen molar-refractivity contribution in [2.75, 3.05) is 0 Å². The molecule has 0 aromatic heterocycles. The summed E-state index contributed by atoms with van der Waals surface area (Å²) < 4.78 is 0. The van der Waals surface area contributed by atoms with Crippen LogP contribution in [0.15, 0.2) is 0 Å². The molecule has 6 heteroatoms. The molecule has 6 heavy (non-hydrogen) atoms. The minimum atomic E-state index is -0.500. The van der Waals surface area contributed by atoms with Crippen LogP contribution in [0.1, 0.15) is 0 Å². The van der Waals surface area contributed by atoms with Crippen molar-refractivity contribution in [3.05, 3.63) is 0 Å². The molecular formula is H4BMgO3S.